The monoisotopic (exact) mass is 300 g/mol. The van der Waals surface area contributed by atoms with E-state index in [1.807, 2.05) is 12.1 Å². The van der Waals surface area contributed by atoms with Gasteiger partial charge in [0.25, 0.3) is 0 Å². The maximum Gasteiger partial charge on any atom is 0.101 e. The predicted molar refractivity (Wildman–Crippen MR) is 88.2 cm³/mol. The predicted octanol–water partition coefficient (Wildman–Crippen LogP) is 5.26. The molecule has 4 heteroatoms. The molecule has 1 aromatic heterocycles. The lowest BCUT2D eigenvalue weighted by molar-refractivity contribution is 0.590. The number of isothiocyanates is 1. The van der Waals surface area contributed by atoms with Gasteiger partial charge in [-0.2, -0.15) is 4.99 Å². The fraction of sp³-hybridized carbons (Fsp3) is 0.250. The molecule has 0 atom stereocenters. The van der Waals surface area contributed by atoms with Crippen LogP contribution in [0.3, 0.4) is 0 Å². The second kappa shape index (κ2) is 6.31. The van der Waals surface area contributed by atoms with Crippen molar-refractivity contribution in [3.05, 3.63) is 48.2 Å². The molecular weight excluding hydrogens is 284 g/mol. The third-order valence-electron chi connectivity index (χ3n) is 2.84. The summed E-state index contributed by atoms with van der Waals surface area (Å²) in [5, 5.41) is 3.28. The van der Waals surface area contributed by atoms with Crippen LogP contribution in [0.1, 0.15) is 26.3 Å². The van der Waals surface area contributed by atoms with Crippen molar-refractivity contribution in [1.29, 1.82) is 0 Å². The number of hydrogen-bond donors (Lipinski definition) is 0. The Bertz CT molecular complexity index is 619. The lowest BCUT2D eigenvalue weighted by Crippen LogP contribution is -2.10. The Morgan fingerprint density at radius 1 is 1.10 bits per heavy atom. The number of aliphatic imine (C=N–C) groups is 1. The molecule has 0 saturated carbocycles. The molecule has 0 unspecified atom stereocenters. The molecule has 0 aliphatic rings. The molecule has 0 saturated heterocycles. The summed E-state index contributed by atoms with van der Waals surface area (Å²) in [4.78, 5) is 9.41. The minimum atomic E-state index is 0.182. The van der Waals surface area contributed by atoms with Gasteiger partial charge in [-0.15, -0.1) is 0 Å². The molecule has 0 aliphatic carbocycles. The Kier molecular flexibility index (Phi) is 4.71. The maximum absolute atomic E-state index is 4.56. The molecule has 1 aromatic carbocycles. The number of nitrogens with zero attached hydrogens (tertiary/aromatic N) is 2. The smallest absolute Gasteiger partial charge is 0.101 e. The average Bonchev–Trinajstić information content (AvgIpc) is 2.41. The van der Waals surface area contributed by atoms with Gasteiger partial charge in [-0.25, -0.2) is 4.98 Å². The van der Waals surface area contributed by atoms with Crippen LogP contribution >= 0.6 is 24.0 Å². The van der Waals surface area contributed by atoms with Crippen LogP contribution in [-0.2, 0) is 5.41 Å². The van der Waals surface area contributed by atoms with E-state index in [2.05, 4.69) is 72.4 Å². The third kappa shape index (κ3) is 4.01. The first-order chi connectivity index (χ1) is 9.49. The minimum Gasteiger partial charge on any atom is -0.247 e. The normalized spacial score (nSPS) is 10.9. The topological polar surface area (TPSA) is 25.2 Å². The van der Waals surface area contributed by atoms with E-state index in [-0.39, 0.29) is 5.41 Å². The first-order valence-corrected chi connectivity index (χ1v) is 7.54. The maximum atomic E-state index is 4.56. The summed E-state index contributed by atoms with van der Waals surface area (Å²) < 4.78 is 0. The molecule has 0 radical (unpaired) electrons. The van der Waals surface area contributed by atoms with Crippen molar-refractivity contribution in [2.45, 2.75) is 36.1 Å². The van der Waals surface area contributed by atoms with Crippen LogP contribution in [0.15, 0.2) is 57.5 Å². The van der Waals surface area contributed by atoms with Crippen LogP contribution in [0.25, 0.3) is 0 Å². The Morgan fingerprint density at radius 3 is 2.30 bits per heavy atom. The summed E-state index contributed by atoms with van der Waals surface area (Å²) in [5.74, 6) is 0. The fourth-order valence-electron chi connectivity index (χ4n) is 1.70. The van der Waals surface area contributed by atoms with E-state index in [1.54, 1.807) is 18.0 Å². The van der Waals surface area contributed by atoms with Gasteiger partial charge in [-0.3, -0.25) is 0 Å². The molecular formula is C16H16N2S2. The molecule has 20 heavy (non-hydrogen) atoms. The van der Waals surface area contributed by atoms with E-state index in [0.717, 1.165) is 10.7 Å². The van der Waals surface area contributed by atoms with E-state index < -0.39 is 0 Å². The molecule has 2 nitrogen and oxygen atoms in total. The van der Waals surface area contributed by atoms with E-state index in [4.69, 9.17) is 0 Å². The average molecular weight is 300 g/mol. The summed E-state index contributed by atoms with van der Waals surface area (Å²) in [6.07, 6.45) is 1.70. The molecule has 0 N–H and O–H groups in total. The van der Waals surface area contributed by atoms with Gasteiger partial charge in [0.15, 0.2) is 0 Å². The van der Waals surface area contributed by atoms with Gasteiger partial charge in [0.05, 0.1) is 17.0 Å². The Hall–Kier alpha value is -1.48. The van der Waals surface area contributed by atoms with Crippen LogP contribution in [0, 0.1) is 0 Å². The zero-order valence-electron chi connectivity index (χ0n) is 11.8. The molecule has 0 bridgehead atoms. The van der Waals surface area contributed by atoms with Gasteiger partial charge in [-0.1, -0.05) is 44.7 Å². The fourth-order valence-corrected chi connectivity index (χ4v) is 2.56. The minimum absolute atomic E-state index is 0.182. The van der Waals surface area contributed by atoms with Crippen molar-refractivity contribution >= 4 is 34.8 Å². The van der Waals surface area contributed by atoms with Gasteiger partial charge >= 0.3 is 0 Å². The first kappa shape index (κ1) is 14.9. The molecule has 0 aliphatic heterocycles. The quantitative estimate of drug-likeness (QED) is 0.570. The van der Waals surface area contributed by atoms with Crippen molar-refractivity contribution in [3.8, 4) is 0 Å². The van der Waals surface area contributed by atoms with Crippen LogP contribution in [0.2, 0.25) is 0 Å². The Morgan fingerprint density at radius 2 is 1.80 bits per heavy atom. The highest BCUT2D eigenvalue weighted by Crippen LogP contribution is 2.29. The van der Waals surface area contributed by atoms with Crippen LogP contribution in [0.4, 0.5) is 5.69 Å². The molecule has 102 valence electrons. The van der Waals surface area contributed by atoms with Crippen LogP contribution < -0.4 is 0 Å². The lowest BCUT2D eigenvalue weighted by Gasteiger charge is -2.18. The number of rotatable bonds is 3. The molecule has 2 rings (SSSR count). The van der Waals surface area contributed by atoms with Gasteiger partial charge in [0, 0.05) is 4.90 Å². The summed E-state index contributed by atoms with van der Waals surface area (Å²) >= 11 is 6.20. The van der Waals surface area contributed by atoms with Crippen LogP contribution in [0.5, 0.6) is 0 Å². The zero-order chi connectivity index (χ0) is 14.6. The van der Waals surface area contributed by atoms with Gasteiger partial charge < -0.3 is 0 Å². The zero-order valence-corrected chi connectivity index (χ0v) is 13.4. The number of aromatic nitrogens is 1. The largest absolute Gasteiger partial charge is 0.247 e. The molecule has 2 aromatic rings. The summed E-state index contributed by atoms with van der Waals surface area (Å²) in [6, 6.07) is 12.4. The highest BCUT2D eigenvalue weighted by Gasteiger charge is 2.12. The van der Waals surface area contributed by atoms with Crippen molar-refractivity contribution in [3.63, 3.8) is 0 Å². The first-order valence-electron chi connectivity index (χ1n) is 6.31. The highest BCUT2D eigenvalue weighted by molar-refractivity contribution is 7.99. The van der Waals surface area contributed by atoms with E-state index in [0.29, 0.717) is 0 Å². The molecule has 0 amide bonds. The highest BCUT2D eigenvalue weighted by atomic mass is 32.2. The molecule has 1 heterocycles. The van der Waals surface area contributed by atoms with Crippen LogP contribution in [-0.4, -0.2) is 10.1 Å². The second-order valence-corrected chi connectivity index (χ2v) is 6.71. The summed E-state index contributed by atoms with van der Waals surface area (Å²) in [6.45, 7) is 6.64. The summed E-state index contributed by atoms with van der Waals surface area (Å²) in [7, 11) is 0. The Balaban J connectivity index is 2.12. The van der Waals surface area contributed by atoms with Crippen molar-refractivity contribution < 1.29 is 0 Å². The number of pyridine rings is 1. The lowest BCUT2D eigenvalue weighted by atomic mass is 9.87. The molecule has 0 fully saturated rings. The van der Waals surface area contributed by atoms with E-state index in [1.165, 1.54) is 10.5 Å². The number of thiocarbonyl (C=S) groups is 1. The van der Waals surface area contributed by atoms with Crippen molar-refractivity contribution in [2.24, 2.45) is 4.99 Å². The van der Waals surface area contributed by atoms with Gasteiger partial charge in [0.1, 0.15) is 5.03 Å². The SMILES string of the molecule is CC(C)(C)c1ccc(Sc2ccc(N=C=S)cn2)cc1. The van der Waals surface area contributed by atoms with E-state index >= 15 is 0 Å². The Labute approximate surface area is 129 Å². The third-order valence-corrected chi connectivity index (χ3v) is 3.89. The van der Waals surface area contributed by atoms with E-state index in [9.17, 15) is 0 Å². The number of hydrogen-bond acceptors (Lipinski definition) is 4. The van der Waals surface area contributed by atoms with Crippen molar-refractivity contribution in [1.82, 2.24) is 4.98 Å². The second-order valence-electron chi connectivity index (χ2n) is 5.43. The van der Waals surface area contributed by atoms with Gasteiger partial charge in [0.2, 0.25) is 0 Å². The standard InChI is InChI=1S/C16H16N2S2/c1-16(2,3)12-4-7-14(8-5-12)20-15-9-6-13(10-17-15)18-11-19/h4-10H,1-3H3. The van der Waals surface area contributed by atoms with Gasteiger partial charge in [-0.05, 0) is 47.5 Å². The number of benzene rings is 1. The van der Waals surface area contributed by atoms with Crippen molar-refractivity contribution in [2.75, 3.05) is 0 Å². The molecule has 0 spiro atoms. The summed E-state index contributed by atoms with van der Waals surface area (Å²) in [5.41, 5.74) is 2.25.